The first-order chi connectivity index (χ1) is 8.07. The summed E-state index contributed by atoms with van der Waals surface area (Å²) in [5.74, 6) is -1.28. The predicted octanol–water partition coefficient (Wildman–Crippen LogP) is 1.98. The van der Waals surface area contributed by atoms with Gasteiger partial charge in [-0.05, 0) is 12.5 Å². The normalized spacial score (nSPS) is 15.9. The summed E-state index contributed by atoms with van der Waals surface area (Å²) in [7, 11) is 0. The summed E-state index contributed by atoms with van der Waals surface area (Å²) in [5, 5.41) is 9.11. The van der Waals surface area contributed by atoms with E-state index in [1.807, 2.05) is 6.07 Å². The van der Waals surface area contributed by atoms with Crippen LogP contribution in [0.3, 0.4) is 0 Å². The minimum atomic E-state index is -1.00. The number of nitrogens with zero attached hydrogens (tertiary/aromatic N) is 1. The monoisotopic (exact) mass is 231 g/mol. The third-order valence-electron chi connectivity index (χ3n) is 2.96. The van der Waals surface area contributed by atoms with Crippen LogP contribution in [-0.4, -0.2) is 27.9 Å². The molecule has 0 saturated heterocycles. The molecule has 2 rings (SSSR count). The fourth-order valence-corrected chi connectivity index (χ4v) is 2.10. The van der Waals surface area contributed by atoms with Gasteiger partial charge in [0.2, 0.25) is 0 Å². The van der Waals surface area contributed by atoms with Crippen LogP contribution in [0.4, 0.5) is 0 Å². The van der Waals surface area contributed by atoms with E-state index in [0.29, 0.717) is 17.7 Å². The van der Waals surface area contributed by atoms with Gasteiger partial charge in [-0.15, -0.1) is 0 Å². The van der Waals surface area contributed by atoms with Crippen molar-refractivity contribution >= 4 is 17.6 Å². The molecule has 1 amide bonds. The van der Waals surface area contributed by atoms with E-state index in [1.54, 1.807) is 25.1 Å². The Labute approximate surface area is 99.2 Å². The molecule has 4 nitrogen and oxygen atoms in total. The van der Waals surface area contributed by atoms with E-state index < -0.39 is 12.0 Å². The van der Waals surface area contributed by atoms with Crippen molar-refractivity contribution < 1.29 is 14.7 Å². The number of amides is 1. The molecule has 1 unspecified atom stereocenters. The van der Waals surface area contributed by atoms with Crippen LogP contribution in [0.25, 0.3) is 5.70 Å². The van der Waals surface area contributed by atoms with Crippen LogP contribution in [0.1, 0.15) is 29.3 Å². The average Bonchev–Trinajstić information content (AvgIpc) is 2.56. The van der Waals surface area contributed by atoms with Gasteiger partial charge in [0.25, 0.3) is 5.91 Å². The summed E-state index contributed by atoms with van der Waals surface area (Å²) in [6, 6.07) is 6.20. The molecule has 1 aliphatic rings. The fourth-order valence-electron chi connectivity index (χ4n) is 2.10. The number of carbonyl (C=O) groups is 2. The standard InChI is InChI=1S/C13H13NO3/c1-3-11(13(16)17)14-8(2)9-6-4-5-7-10(9)12(14)15/h4-7,11H,2-3H2,1H3,(H,16,17). The van der Waals surface area contributed by atoms with Crippen LogP contribution in [0.15, 0.2) is 30.8 Å². The summed E-state index contributed by atoms with van der Waals surface area (Å²) >= 11 is 0. The summed E-state index contributed by atoms with van der Waals surface area (Å²) in [6.07, 6.45) is 0.355. The van der Waals surface area contributed by atoms with Gasteiger partial charge in [-0.2, -0.15) is 0 Å². The molecular formula is C13H13NO3. The lowest BCUT2D eigenvalue weighted by molar-refractivity contribution is -0.141. The highest BCUT2D eigenvalue weighted by molar-refractivity contribution is 6.10. The Hall–Kier alpha value is -2.10. The van der Waals surface area contributed by atoms with Crippen molar-refractivity contribution in [3.8, 4) is 0 Å². The summed E-state index contributed by atoms with van der Waals surface area (Å²) in [5.41, 5.74) is 1.72. The Balaban J connectivity index is 2.46. The highest BCUT2D eigenvalue weighted by Gasteiger charge is 2.37. The minimum absolute atomic E-state index is 0.278. The van der Waals surface area contributed by atoms with Gasteiger partial charge in [-0.1, -0.05) is 31.7 Å². The first-order valence-corrected chi connectivity index (χ1v) is 5.42. The number of benzene rings is 1. The van der Waals surface area contributed by atoms with Gasteiger partial charge in [0, 0.05) is 16.8 Å². The molecule has 0 saturated carbocycles. The van der Waals surface area contributed by atoms with Gasteiger partial charge in [-0.3, -0.25) is 9.69 Å². The van der Waals surface area contributed by atoms with Crippen molar-refractivity contribution in [2.45, 2.75) is 19.4 Å². The number of aliphatic carboxylic acids is 1. The number of carbonyl (C=O) groups excluding carboxylic acids is 1. The summed E-state index contributed by atoms with van der Waals surface area (Å²) < 4.78 is 0. The molecule has 4 heteroatoms. The molecule has 0 spiro atoms. The number of carboxylic acids is 1. The first-order valence-electron chi connectivity index (χ1n) is 5.42. The molecule has 0 aliphatic carbocycles. The lowest BCUT2D eigenvalue weighted by atomic mass is 10.1. The second kappa shape index (κ2) is 4.05. The maximum atomic E-state index is 12.1. The van der Waals surface area contributed by atoms with Crippen molar-refractivity contribution in [1.29, 1.82) is 0 Å². The molecule has 1 N–H and O–H groups in total. The van der Waals surface area contributed by atoms with Crippen LogP contribution in [0, 0.1) is 0 Å². The third-order valence-corrected chi connectivity index (χ3v) is 2.96. The molecule has 1 atom stereocenters. The maximum Gasteiger partial charge on any atom is 0.326 e. The quantitative estimate of drug-likeness (QED) is 0.865. The van der Waals surface area contributed by atoms with Gasteiger partial charge in [0.05, 0.1) is 0 Å². The molecule has 1 aliphatic heterocycles. The van der Waals surface area contributed by atoms with Gasteiger partial charge >= 0.3 is 5.97 Å². The third kappa shape index (κ3) is 1.62. The van der Waals surface area contributed by atoms with Gasteiger partial charge in [0.1, 0.15) is 6.04 Å². The molecule has 0 radical (unpaired) electrons. The number of hydrogen-bond acceptors (Lipinski definition) is 2. The molecule has 1 aromatic rings. The van der Waals surface area contributed by atoms with Crippen molar-refractivity contribution in [3.05, 3.63) is 42.0 Å². The van der Waals surface area contributed by atoms with E-state index in [-0.39, 0.29) is 5.91 Å². The van der Waals surface area contributed by atoms with E-state index in [2.05, 4.69) is 6.58 Å². The number of fused-ring (bicyclic) bond motifs is 1. The predicted molar refractivity (Wildman–Crippen MR) is 63.4 cm³/mol. The van der Waals surface area contributed by atoms with Crippen molar-refractivity contribution in [3.63, 3.8) is 0 Å². The first kappa shape index (κ1) is 11.4. The molecule has 1 aromatic carbocycles. The van der Waals surface area contributed by atoms with Crippen LogP contribution in [-0.2, 0) is 4.79 Å². The molecular weight excluding hydrogens is 218 g/mol. The van der Waals surface area contributed by atoms with Crippen LogP contribution >= 0.6 is 0 Å². The Morgan fingerprint density at radius 2 is 2.00 bits per heavy atom. The zero-order valence-corrected chi connectivity index (χ0v) is 9.51. The van der Waals surface area contributed by atoms with Crippen molar-refractivity contribution in [2.24, 2.45) is 0 Å². The Kier molecular flexibility index (Phi) is 2.71. The topological polar surface area (TPSA) is 57.6 Å². The summed E-state index contributed by atoms with van der Waals surface area (Å²) in [6.45, 7) is 5.56. The number of rotatable bonds is 3. The highest BCUT2D eigenvalue weighted by atomic mass is 16.4. The molecule has 0 fully saturated rings. The summed E-state index contributed by atoms with van der Waals surface area (Å²) in [4.78, 5) is 24.5. The SMILES string of the molecule is C=C1c2ccccc2C(=O)N1C(CC)C(=O)O. The van der Waals surface area contributed by atoms with E-state index in [9.17, 15) is 9.59 Å². The second-order valence-corrected chi connectivity index (χ2v) is 3.93. The Morgan fingerprint density at radius 3 is 2.47 bits per heavy atom. The number of hydrogen-bond donors (Lipinski definition) is 1. The second-order valence-electron chi connectivity index (χ2n) is 3.93. The Morgan fingerprint density at radius 1 is 1.41 bits per heavy atom. The van der Waals surface area contributed by atoms with Crippen LogP contribution in [0.2, 0.25) is 0 Å². The maximum absolute atomic E-state index is 12.1. The molecule has 0 bridgehead atoms. The number of carboxylic acid groups (broad SMARTS) is 1. The van der Waals surface area contributed by atoms with Crippen LogP contribution in [0.5, 0.6) is 0 Å². The zero-order chi connectivity index (χ0) is 12.6. The van der Waals surface area contributed by atoms with E-state index in [4.69, 9.17) is 5.11 Å². The molecule has 17 heavy (non-hydrogen) atoms. The van der Waals surface area contributed by atoms with E-state index in [0.717, 1.165) is 5.56 Å². The lowest BCUT2D eigenvalue weighted by Crippen LogP contribution is -2.40. The van der Waals surface area contributed by atoms with Crippen LogP contribution < -0.4 is 0 Å². The highest BCUT2D eigenvalue weighted by Crippen LogP contribution is 2.33. The molecule has 88 valence electrons. The zero-order valence-electron chi connectivity index (χ0n) is 9.51. The van der Waals surface area contributed by atoms with Crippen molar-refractivity contribution in [1.82, 2.24) is 4.90 Å². The average molecular weight is 231 g/mol. The van der Waals surface area contributed by atoms with Gasteiger partial charge < -0.3 is 5.11 Å². The minimum Gasteiger partial charge on any atom is -0.480 e. The molecule has 1 heterocycles. The van der Waals surface area contributed by atoms with Crippen molar-refractivity contribution in [2.75, 3.05) is 0 Å². The lowest BCUT2D eigenvalue weighted by Gasteiger charge is -2.24. The largest absolute Gasteiger partial charge is 0.480 e. The van der Waals surface area contributed by atoms with E-state index >= 15 is 0 Å². The van der Waals surface area contributed by atoms with Gasteiger partial charge in [0.15, 0.2) is 0 Å². The Bertz CT molecular complexity index is 472. The van der Waals surface area contributed by atoms with E-state index in [1.165, 1.54) is 4.90 Å². The molecule has 0 aromatic heterocycles. The smallest absolute Gasteiger partial charge is 0.326 e. The fraction of sp³-hybridized carbons (Fsp3) is 0.231. The van der Waals surface area contributed by atoms with Gasteiger partial charge in [-0.25, -0.2) is 4.79 Å².